The molecule has 1 amide bonds. The Labute approximate surface area is 145 Å². The summed E-state index contributed by atoms with van der Waals surface area (Å²) in [5.41, 5.74) is 1.64. The standard InChI is InChI=1S/C18H21FN2O2S/c1-12-5-6-14(19)15(10-12)21-8-3-4-13(11-21)20-18(22)17-16(23-2)7-9-24-17/h5-7,9-10,13H,3-4,8,11H2,1-2H3,(H,20,22). The van der Waals surface area contributed by atoms with Gasteiger partial charge in [-0.3, -0.25) is 4.79 Å². The second-order valence-electron chi connectivity index (χ2n) is 6.03. The summed E-state index contributed by atoms with van der Waals surface area (Å²) in [6.07, 6.45) is 1.81. The van der Waals surface area contributed by atoms with E-state index in [1.54, 1.807) is 19.2 Å². The summed E-state index contributed by atoms with van der Waals surface area (Å²) in [5.74, 6) is 0.251. The molecule has 2 heterocycles. The van der Waals surface area contributed by atoms with Crippen LogP contribution in [-0.4, -0.2) is 32.1 Å². The molecule has 0 bridgehead atoms. The topological polar surface area (TPSA) is 41.6 Å². The van der Waals surface area contributed by atoms with Crippen molar-refractivity contribution >= 4 is 22.9 Å². The highest BCUT2D eigenvalue weighted by atomic mass is 32.1. The summed E-state index contributed by atoms with van der Waals surface area (Å²) >= 11 is 1.36. The van der Waals surface area contributed by atoms with Gasteiger partial charge in [0.15, 0.2) is 0 Å². The van der Waals surface area contributed by atoms with E-state index in [-0.39, 0.29) is 17.8 Å². The number of rotatable bonds is 4. The van der Waals surface area contributed by atoms with Crippen LogP contribution in [0.5, 0.6) is 5.75 Å². The molecule has 1 aromatic heterocycles. The van der Waals surface area contributed by atoms with E-state index in [9.17, 15) is 9.18 Å². The van der Waals surface area contributed by atoms with Crippen molar-refractivity contribution in [2.75, 3.05) is 25.1 Å². The third-order valence-electron chi connectivity index (χ3n) is 4.25. The summed E-state index contributed by atoms with van der Waals surface area (Å²) in [6.45, 7) is 3.37. The maximum atomic E-state index is 14.1. The zero-order chi connectivity index (χ0) is 17.1. The van der Waals surface area contributed by atoms with Crippen molar-refractivity contribution in [3.8, 4) is 5.75 Å². The smallest absolute Gasteiger partial charge is 0.265 e. The minimum Gasteiger partial charge on any atom is -0.495 e. The van der Waals surface area contributed by atoms with Crippen molar-refractivity contribution < 1.29 is 13.9 Å². The molecule has 3 rings (SSSR count). The van der Waals surface area contributed by atoms with Crippen LogP contribution in [0.4, 0.5) is 10.1 Å². The lowest BCUT2D eigenvalue weighted by molar-refractivity contribution is 0.0934. The Balaban J connectivity index is 1.70. The second kappa shape index (κ2) is 7.21. The van der Waals surface area contributed by atoms with Crippen LogP contribution in [0, 0.1) is 12.7 Å². The number of hydrogen-bond acceptors (Lipinski definition) is 4. The minimum absolute atomic E-state index is 0.00188. The number of aryl methyl sites for hydroxylation is 1. The summed E-state index contributed by atoms with van der Waals surface area (Å²) in [7, 11) is 1.56. The van der Waals surface area contributed by atoms with Crippen molar-refractivity contribution in [1.82, 2.24) is 5.32 Å². The lowest BCUT2D eigenvalue weighted by Gasteiger charge is -2.35. The van der Waals surface area contributed by atoms with E-state index in [4.69, 9.17) is 4.74 Å². The van der Waals surface area contributed by atoms with Gasteiger partial charge in [0, 0.05) is 19.1 Å². The molecule has 1 N–H and O–H groups in total. The van der Waals surface area contributed by atoms with Crippen LogP contribution in [0.1, 0.15) is 28.1 Å². The van der Waals surface area contributed by atoms with Gasteiger partial charge in [0.2, 0.25) is 0 Å². The predicted molar refractivity (Wildman–Crippen MR) is 94.7 cm³/mol. The molecule has 128 valence electrons. The quantitative estimate of drug-likeness (QED) is 0.918. The molecule has 1 aliphatic rings. The van der Waals surface area contributed by atoms with E-state index in [1.807, 2.05) is 23.3 Å². The highest BCUT2D eigenvalue weighted by Crippen LogP contribution is 2.26. The van der Waals surface area contributed by atoms with Gasteiger partial charge in [0.05, 0.1) is 12.8 Å². The number of amides is 1. The number of halogens is 1. The van der Waals surface area contributed by atoms with Crippen LogP contribution >= 0.6 is 11.3 Å². The molecular weight excluding hydrogens is 327 g/mol. The number of nitrogens with zero attached hydrogens (tertiary/aromatic N) is 1. The first kappa shape index (κ1) is 16.8. The lowest BCUT2D eigenvalue weighted by atomic mass is 10.0. The lowest BCUT2D eigenvalue weighted by Crippen LogP contribution is -2.48. The average molecular weight is 348 g/mol. The number of ether oxygens (including phenoxy) is 1. The molecule has 4 nitrogen and oxygen atoms in total. The number of piperidine rings is 1. The fraction of sp³-hybridized carbons (Fsp3) is 0.389. The molecular formula is C18H21FN2O2S. The van der Waals surface area contributed by atoms with Gasteiger partial charge in [-0.05, 0) is 48.9 Å². The highest BCUT2D eigenvalue weighted by molar-refractivity contribution is 7.12. The first-order chi connectivity index (χ1) is 11.6. The third-order valence-corrected chi connectivity index (χ3v) is 5.15. The van der Waals surface area contributed by atoms with Crippen LogP contribution in [0.3, 0.4) is 0 Å². The molecule has 1 atom stereocenters. The number of carbonyl (C=O) groups is 1. The molecule has 0 aliphatic carbocycles. The van der Waals surface area contributed by atoms with Gasteiger partial charge in [-0.2, -0.15) is 0 Å². The number of carbonyl (C=O) groups excluding carboxylic acids is 1. The van der Waals surface area contributed by atoms with Crippen molar-refractivity contribution in [2.24, 2.45) is 0 Å². The summed E-state index contributed by atoms with van der Waals surface area (Å²) in [4.78, 5) is 15.0. The molecule has 1 unspecified atom stereocenters. The van der Waals surface area contributed by atoms with Gasteiger partial charge in [0.25, 0.3) is 5.91 Å². The van der Waals surface area contributed by atoms with Gasteiger partial charge in [-0.25, -0.2) is 4.39 Å². The Morgan fingerprint density at radius 2 is 2.25 bits per heavy atom. The largest absolute Gasteiger partial charge is 0.495 e. The summed E-state index contributed by atoms with van der Waals surface area (Å²) in [6, 6.07) is 6.92. The maximum Gasteiger partial charge on any atom is 0.265 e. The Morgan fingerprint density at radius 1 is 1.42 bits per heavy atom. The molecule has 0 spiro atoms. The van der Waals surface area contributed by atoms with Crippen LogP contribution in [0.15, 0.2) is 29.6 Å². The number of methoxy groups -OCH3 is 1. The van der Waals surface area contributed by atoms with E-state index in [0.717, 1.165) is 24.9 Å². The maximum absolute atomic E-state index is 14.1. The molecule has 1 aliphatic heterocycles. The van der Waals surface area contributed by atoms with Crippen LogP contribution in [-0.2, 0) is 0 Å². The molecule has 0 radical (unpaired) electrons. The molecule has 0 saturated carbocycles. The number of benzene rings is 1. The predicted octanol–water partition coefficient (Wildman–Crippen LogP) is 3.60. The van der Waals surface area contributed by atoms with Crippen LogP contribution in [0.2, 0.25) is 0 Å². The van der Waals surface area contributed by atoms with E-state index in [2.05, 4.69) is 5.32 Å². The fourth-order valence-electron chi connectivity index (χ4n) is 3.05. The summed E-state index contributed by atoms with van der Waals surface area (Å²) < 4.78 is 19.3. The monoisotopic (exact) mass is 348 g/mol. The zero-order valence-corrected chi connectivity index (χ0v) is 14.7. The van der Waals surface area contributed by atoms with Crippen molar-refractivity contribution in [3.63, 3.8) is 0 Å². The van der Waals surface area contributed by atoms with Gasteiger partial charge >= 0.3 is 0 Å². The highest BCUT2D eigenvalue weighted by Gasteiger charge is 2.25. The van der Waals surface area contributed by atoms with E-state index < -0.39 is 0 Å². The van der Waals surface area contributed by atoms with Crippen LogP contribution < -0.4 is 15.0 Å². The minimum atomic E-state index is -0.215. The second-order valence-corrected chi connectivity index (χ2v) is 6.95. The molecule has 1 aromatic carbocycles. The average Bonchev–Trinajstić information content (AvgIpc) is 3.06. The van der Waals surface area contributed by atoms with Crippen LogP contribution in [0.25, 0.3) is 0 Å². The molecule has 1 saturated heterocycles. The van der Waals surface area contributed by atoms with Crippen molar-refractivity contribution in [3.05, 3.63) is 45.9 Å². The SMILES string of the molecule is COc1ccsc1C(=O)NC1CCCN(c2cc(C)ccc2F)C1. The zero-order valence-electron chi connectivity index (χ0n) is 13.8. The normalized spacial score (nSPS) is 17.6. The van der Waals surface area contributed by atoms with Gasteiger partial charge in [0.1, 0.15) is 16.4 Å². The Bertz CT molecular complexity index is 732. The van der Waals surface area contributed by atoms with Crippen molar-refractivity contribution in [1.29, 1.82) is 0 Å². The molecule has 2 aromatic rings. The van der Waals surface area contributed by atoms with E-state index >= 15 is 0 Å². The number of nitrogens with one attached hydrogen (secondary N) is 1. The van der Waals surface area contributed by atoms with Gasteiger partial charge in [-0.1, -0.05) is 6.07 Å². The third kappa shape index (κ3) is 3.53. The first-order valence-electron chi connectivity index (χ1n) is 8.02. The number of anilines is 1. The Hall–Kier alpha value is -2.08. The van der Waals surface area contributed by atoms with E-state index in [1.165, 1.54) is 17.4 Å². The molecule has 6 heteroatoms. The number of thiophene rings is 1. The Morgan fingerprint density at radius 3 is 3.04 bits per heavy atom. The Kier molecular flexibility index (Phi) is 5.04. The van der Waals surface area contributed by atoms with Gasteiger partial charge < -0.3 is 15.0 Å². The number of hydrogen-bond donors (Lipinski definition) is 1. The molecule has 24 heavy (non-hydrogen) atoms. The fourth-order valence-corrected chi connectivity index (χ4v) is 3.81. The van der Waals surface area contributed by atoms with Crippen molar-refractivity contribution in [2.45, 2.75) is 25.8 Å². The van der Waals surface area contributed by atoms with Gasteiger partial charge in [-0.15, -0.1) is 11.3 Å². The summed E-state index contributed by atoms with van der Waals surface area (Å²) in [5, 5.41) is 4.89. The molecule has 1 fully saturated rings. The first-order valence-corrected chi connectivity index (χ1v) is 8.90. The van der Waals surface area contributed by atoms with E-state index in [0.29, 0.717) is 22.9 Å².